The highest BCUT2D eigenvalue weighted by atomic mass is 16.6. The number of carbonyl (C=O) groups is 1. The molecule has 1 amide bonds. The average molecular weight is 244 g/mol. The maximum absolute atomic E-state index is 11.9. The molecule has 0 aromatic carbocycles. The van der Waals surface area contributed by atoms with Crippen LogP contribution in [0.3, 0.4) is 0 Å². The van der Waals surface area contributed by atoms with E-state index >= 15 is 0 Å². The number of nitrogens with zero attached hydrogens (tertiary/aromatic N) is 1. The van der Waals surface area contributed by atoms with Crippen LogP contribution in [0.15, 0.2) is 0 Å². The van der Waals surface area contributed by atoms with Gasteiger partial charge in [0.25, 0.3) is 0 Å². The number of hydrogen-bond donors (Lipinski definition) is 2. The summed E-state index contributed by atoms with van der Waals surface area (Å²) < 4.78 is 5.31. The van der Waals surface area contributed by atoms with Gasteiger partial charge in [0, 0.05) is 19.6 Å². The number of nitrogens with two attached hydrogens (primary N) is 1. The van der Waals surface area contributed by atoms with Gasteiger partial charge in [0.05, 0.1) is 5.60 Å². The van der Waals surface area contributed by atoms with E-state index in [2.05, 4.69) is 0 Å². The molecule has 0 saturated carbocycles. The van der Waals surface area contributed by atoms with Crippen molar-refractivity contribution in [2.75, 3.05) is 19.6 Å². The number of ether oxygens (including phenoxy) is 1. The molecule has 1 saturated heterocycles. The second-order valence-electron chi connectivity index (χ2n) is 5.75. The number of amides is 1. The van der Waals surface area contributed by atoms with E-state index in [1.165, 1.54) is 0 Å². The first-order chi connectivity index (χ1) is 7.76. The Morgan fingerprint density at radius 1 is 1.41 bits per heavy atom. The molecule has 0 unspecified atom stereocenters. The molecular weight excluding hydrogens is 220 g/mol. The van der Waals surface area contributed by atoms with E-state index in [1.807, 2.05) is 20.8 Å². The molecule has 1 aliphatic rings. The van der Waals surface area contributed by atoms with E-state index in [9.17, 15) is 9.90 Å². The van der Waals surface area contributed by atoms with Crippen molar-refractivity contribution in [3.63, 3.8) is 0 Å². The summed E-state index contributed by atoms with van der Waals surface area (Å²) >= 11 is 0. The van der Waals surface area contributed by atoms with Gasteiger partial charge in [0.1, 0.15) is 5.60 Å². The minimum absolute atomic E-state index is 0.245. The SMILES string of the molecule is CC(C)(C)OC(=O)N1CCC[C@](O)(CN)CC1. The van der Waals surface area contributed by atoms with Crippen LogP contribution in [0, 0.1) is 0 Å². The van der Waals surface area contributed by atoms with Crippen molar-refractivity contribution >= 4 is 6.09 Å². The van der Waals surface area contributed by atoms with E-state index in [0.29, 0.717) is 25.9 Å². The minimum Gasteiger partial charge on any atom is -0.444 e. The molecule has 1 atom stereocenters. The van der Waals surface area contributed by atoms with Crippen LogP contribution in [0.2, 0.25) is 0 Å². The van der Waals surface area contributed by atoms with Gasteiger partial charge in [-0.05, 0) is 40.0 Å². The van der Waals surface area contributed by atoms with Gasteiger partial charge in [-0.1, -0.05) is 0 Å². The lowest BCUT2D eigenvalue weighted by atomic mass is 9.95. The van der Waals surface area contributed by atoms with Crippen molar-refractivity contribution < 1.29 is 14.6 Å². The fraction of sp³-hybridized carbons (Fsp3) is 0.917. The van der Waals surface area contributed by atoms with E-state index in [-0.39, 0.29) is 12.6 Å². The minimum atomic E-state index is -0.823. The average Bonchev–Trinajstić information content (AvgIpc) is 2.39. The summed E-state index contributed by atoms with van der Waals surface area (Å²) in [6.07, 6.45) is 1.61. The lowest BCUT2D eigenvalue weighted by Gasteiger charge is -2.27. The van der Waals surface area contributed by atoms with E-state index in [0.717, 1.165) is 6.42 Å². The molecule has 1 rings (SSSR count). The molecular formula is C12H24N2O3. The van der Waals surface area contributed by atoms with Crippen LogP contribution in [0.25, 0.3) is 0 Å². The van der Waals surface area contributed by atoms with E-state index in [4.69, 9.17) is 10.5 Å². The number of likely N-dealkylation sites (tertiary alicyclic amines) is 1. The molecule has 0 bridgehead atoms. The fourth-order valence-corrected chi connectivity index (χ4v) is 1.89. The van der Waals surface area contributed by atoms with Crippen molar-refractivity contribution in [1.82, 2.24) is 4.90 Å². The van der Waals surface area contributed by atoms with Gasteiger partial charge < -0.3 is 20.5 Å². The maximum atomic E-state index is 11.9. The third kappa shape index (κ3) is 4.52. The lowest BCUT2D eigenvalue weighted by molar-refractivity contribution is 0.0186. The highest BCUT2D eigenvalue weighted by Crippen LogP contribution is 2.22. The Morgan fingerprint density at radius 2 is 2.06 bits per heavy atom. The monoisotopic (exact) mass is 244 g/mol. The van der Waals surface area contributed by atoms with Gasteiger partial charge in [-0.3, -0.25) is 0 Å². The summed E-state index contributed by atoms with van der Waals surface area (Å²) in [5.41, 5.74) is 4.24. The number of hydrogen-bond acceptors (Lipinski definition) is 4. The molecule has 17 heavy (non-hydrogen) atoms. The Morgan fingerprint density at radius 3 is 2.59 bits per heavy atom. The molecule has 0 radical (unpaired) electrons. The first-order valence-electron chi connectivity index (χ1n) is 6.16. The molecule has 0 spiro atoms. The second kappa shape index (κ2) is 5.23. The molecule has 5 nitrogen and oxygen atoms in total. The van der Waals surface area contributed by atoms with Crippen LogP contribution in [-0.2, 0) is 4.74 Å². The maximum Gasteiger partial charge on any atom is 0.410 e. The van der Waals surface area contributed by atoms with Crippen molar-refractivity contribution in [3.05, 3.63) is 0 Å². The van der Waals surface area contributed by atoms with Gasteiger partial charge in [-0.2, -0.15) is 0 Å². The van der Waals surface area contributed by atoms with Crippen LogP contribution >= 0.6 is 0 Å². The molecule has 1 heterocycles. The first kappa shape index (κ1) is 14.3. The first-order valence-corrected chi connectivity index (χ1v) is 6.16. The Bertz CT molecular complexity index is 275. The fourth-order valence-electron chi connectivity index (χ4n) is 1.89. The highest BCUT2D eigenvalue weighted by Gasteiger charge is 2.31. The topological polar surface area (TPSA) is 75.8 Å². The van der Waals surface area contributed by atoms with Crippen molar-refractivity contribution in [2.45, 2.75) is 51.2 Å². The molecule has 3 N–H and O–H groups in total. The molecule has 1 aliphatic heterocycles. The molecule has 0 aromatic rings. The predicted octanol–water partition coefficient (Wildman–Crippen LogP) is 1.10. The quantitative estimate of drug-likeness (QED) is 0.724. The zero-order chi connectivity index (χ0) is 13.1. The van der Waals surface area contributed by atoms with Crippen LogP contribution in [0.5, 0.6) is 0 Å². The smallest absolute Gasteiger partial charge is 0.410 e. The highest BCUT2D eigenvalue weighted by molar-refractivity contribution is 5.68. The summed E-state index contributed by atoms with van der Waals surface area (Å²) in [5, 5.41) is 10.1. The van der Waals surface area contributed by atoms with Crippen molar-refractivity contribution in [1.29, 1.82) is 0 Å². The molecule has 100 valence electrons. The lowest BCUT2D eigenvalue weighted by Crippen LogP contribution is -2.40. The molecule has 1 fully saturated rings. The van der Waals surface area contributed by atoms with Crippen LogP contribution in [0.1, 0.15) is 40.0 Å². The van der Waals surface area contributed by atoms with Crippen LogP contribution in [-0.4, -0.2) is 46.9 Å². The standard InChI is InChI=1S/C12H24N2O3/c1-11(2,3)17-10(15)14-7-4-5-12(16,9-13)6-8-14/h16H,4-9,13H2,1-3H3/t12-/m1/s1. The van der Waals surface area contributed by atoms with Gasteiger partial charge in [-0.25, -0.2) is 4.79 Å². The summed E-state index contributed by atoms with van der Waals surface area (Å²) in [7, 11) is 0. The Balaban J connectivity index is 2.54. The van der Waals surface area contributed by atoms with Gasteiger partial charge in [0.15, 0.2) is 0 Å². The Labute approximate surface area is 103 Å². The normalized spacial score (nSPS) is 26.5. The van der Waals surface area contributed by atoms with Gasteiger partial charge in [-0.15, -0.1) is 0 Å². The predicted molar refractivity (Wildman–Crippen MR) is 65.7 cm³/mol. The zero-order valence-corrected chi connectivity index (χ0v) is 11.0. The Kier molecular flexibility index (Phi) is 4.38. The molecule has 5 heteroatoms. The van der Waals surface area contributed by atoms with Gasteiger partial charge in [0.2, 0.25) is 0 Å². The largest absolute Gasteiger partial charge is 0.444 e. The Hall–Kier alpha value is -0.810. The van der Waals surface area contributed by atoms with Crippen LogP contribution in [0.4, 0.5) is 4.79 Å². The number of aliphatic hydroxyl groups is 1. The van der Waals surface area contributed by atoms with Crippen LogP contribution < -0.4 is 5.73 Å². The second-order valence-corrected chi connectivity index (χ2v) is 5.75. The van der Waals surface area contributed by atoms with E-state index in [1.54, 1.807) is 4.90 Å². The summed E-state index contributed by atoms with van der Waals surface area (Å²) in [5.74, 6) is 0. The van der Waals surface area contributed by atoms with Crippen molar-refractivity contribution in [3.8, 4) is 0 Å². The summed E-state index contributed by atoms with van der Waals surface area (Å²) in [6, 6.07) is 0. The molecule has 0 aromatic heterocycles. The summed E-state index contributed by atoms with van der Waals surface area (Å²) in [6.45, 7) is 6.91. The number of carbonyl (C=O) groups excluding carboxylic acids is 1. The number of rotatable bonds is 1. The summed E-state index contributed by atoms with van der Waals surface area (Å²) in [4.78, 5) is 13.5. The van der Waals surface area contributed by atoms with Crippen molar-refractivity contribution in [2.24, 2.45) is 5.73 Å². The zero-order valence-electron chi connectivity index (χ0n) is 11.0. The van der Waals surface area contributed by atoms with E-state index < -0.39 is 11.2 Å². The third-order valence-corrected chi connectivity index (χ3v) is 2.95. The molecule has 0 aliphatic carbocycles. The third-order valence-electron chi connectivity index (χ3n) is 2.95. The van der Waals surface area contributed by atoms with Gasteiger partial charge >= 0.3 is 6.09 Å².